The SMILES string of the molecule is Cc1[nH]c(-c2ccc(S(C)(=O)=O)cc2)c(-c2ccc(F)cc2)c1COc1ccc(B(O)O)cc1. The second kappa shape index (κ2) is 9.46. The fraction of sp³-hybridized carbons (Fsp3) is 0.120. The highest BCUT2D eigenvalue weighted by Gasteiger charge is 2.20. The van der Waals surface area contributed by atoms with Gasteiger partial charge in [-0.3, -0.25) is 0 Å². The van der Waals surface area contributed by atoms with Gasteiger partial charge in [-0.1, -0.05) is 36.4 Å². The number of aromatic amines is 1. The molecule has 0 saturated heterocycles. The molecule has 0 aliphatic carbocycles. The third-order valence-corrected chi connectivity index (χ3v) is 6.71. The van der Waals surface area contributed by atoms with Gasteiger partial charge in [0.15, 0.2) is 9.84 Å². The van der Waals surface area contributed by atoms with Crippen LogP contribution in [0.25, 0.3) is 22.4 Å². The van der Waals surface area contributed by atoms with Crippen LogP contribution in [-0.4, -0.2) is 36.8 Å². The number of aromatic nitrogens is 1. The van der Waals surface area contributed by atoms with E-state index in [2.05, 4.69) is 4.98 Å². The van der Waals surface area contributed by atoms with Gasteiger partial charge < -0.3 is 19.8 Å². The van der Waals surface area contributed by atoms with Crippen LogP contribution < -0.4 is 10.2 Å². The zero-order valence-corrected chi connectivity index (χ0v) is 19.4. The number of benzene rings is 3. The van der Waals surface area contributed by atoms with E-state index < -0.39 is 17.0 Å². The maximum absolute atomic E-state index is 13.6. The second-order valence-electron chi connectivity index (χ2n) is 8.01. The lowest BCUT2D eigenvalue weighted by Crippen LogP contribution is -2.29. The van der Waals surface area contributed by atoms with Gasteiger partial charge in [-0.15, -0.1) is 0 Å². The third kappa shape index (κ3) is 5.06. The van der Waals surface area contributed by atoms with Crippen LogP contribution in [0.1, 0.15) is 11.3 Å². The molecule has 0 unspecified atom stereocenters. The number of aryl methyl sites for hydroxylation is 1. The molecule has 4 rings (SSSR count). The van der Waals surface area contributed by atoms with Crippen molar-refractivity contribution >= 4 is 22.4 Å². The van der Waals surface area contributed by atoms with Crippen LogP contribution in [0.4, 0.5) is 4.39 Å². The molecule has 0 fully saturated rings. The van der Waals surface area contributed by atoms with Crippen molar-refractivity contribution in [2.24, 2.45) is 0 Å². The van der Waals surface area contributed by atoms with Crippen molar-refractivity contribution in [2.45, 2.75) is 18.4 Å². The first-order valence-corrected chi connectivity index (χ1v) is 12.4. The van der Waals surface area contributed by atoms with Crippen molar-refractivity contribution in [3.05, 3.63) is 89.9 Å². The van der Waals surface area contributed by atoms with E-state index in [-0.39, 0.29) is 17.3 Å². The van der Waals surface area contributed by atoms with Crippen LogP contribution in [-0.2, 0) is 16.4 Å². The largest absolute Gasteiger partial charge is 0.489 e. The summed E-state index contributed by atoms with van der Waals surface area (Å²) in [6, 6.07) is 19.2. The molecule has 0 aliphatic rings. The first kappa shape index (κ1) is 23.8. The predicted molar refractivity (Wildman–Crippen MR) is 130 cm³/mol. The predicted octanol–water partition coefficient (Wildman–Crippen LogP) is 3.46. The normalized spacial score (nSPS) is 11.4. The fourth-order valence-electron chi connectivity index (χ4n) is 3.76. The Bertz CT molecular complexity index is 1400. The van der Waals surface area contributed by atoms with Crippen molar-refractivity contribution in [1.29, 1.82) is 0 Å². The number of hydrogen-bond acceptors (Lipinski definition) is 5. The number of nitrogens with one attached hydrogen (secondary N) is 1. The summed E-state index contributed by atoms with van der Waals surface area (Å²) in [4.78, 5) is 3.60. The Morgan fingerprint density at radius 2 is 1.50 bits per heavy atom. The van der Waals surface area contributed by atoms with Crippen molar-refractivity contribution in [1.82, 2.24) is 4.98 Å². The molecule has 9 heteroatoms. The number of halogens is 1. The molecular weight excluding hydrogens is 456 g/mol. The number of ether oxygens (including phenoxy) is 1. The number of rotatable bonds is 7. The van der Waals surface area contributed by atoms with Crippen LogP contribution in [0.5, 0.6) is 5.75 Å². The minimum Gasteiger partial charge on any atom is -0.489 e. The summed E-state index contributed by atoms with van der Waals surface area (Å²) < 4.78 is 43.3. The van der Waals surface area contributed by atoms with E-state index in [1.165, 1.54) is 12.1 Å². The molecule has 3 aromatic carbocycles. The van der Waals surface area contributed by atoms with Gasteiger partial charge in [-0.05, 0) is 59.9 Å². The number of sulfone groups is 1. The molecule has 3 N–H and O–H groups in total. The average Bonchev–Trinajstić information content (AvgIpc) is 3.14. The van der Waals surface area contributed by atoms with E-state index in [1.54, 1.807) is 60.7 Å². The lowest BCUT2D eigenvalue weighted by molar-refractivity contribution is 0.306. The summed E-state index contributed by atoms with van der Waals surface area (Å²) in [5.41, 5.74) is 5.22. The van der Waals surface area contributed by atoms with Gasteiger partial charge in [-0.25, -0.2) is 12.8 Å². The van der Waals surface area contributed by atoms with E-state index >= 15 is 0 Å². The highest BCUT2D eigenvalue weighted by molar-refractivity contribution is 7.90. The van der Waals surface area contributed by atoms with E-state index in [0.29, 0.717) is 11.2 Å². The zero-order valence-electron chi connectivity index (χ0n) is 18.6. The third-order valence-electron chi connectivity index (χ3n) is 5.58. The monoisotopic (exact) mass is 479 g/mol. The second-order valence-corrected chi connectivity index (χ2v) is 10.0. The summed E-state index contributed by atoms with van der Waals surface area (Å²) in [6.45, 7) is 2.11. The maximum atomic E-state index is 13.6. The Balaban J connectivity index is 1.74. The Labute approximate surface area is 197 Å². The zero-order chi connectivity index (χ0) is 24.5. The van der Waals surface area contributed by atoms with Gasteiger partial charge in [-0.2, -0.15) is 0 Å². The lowest BCUT2D eigenvalue weighted by Gasteiger charge is -2.11. The Hall–Kier alpha value is -3.40. The fourth-order valence-corrected chi connectivity index (χ4v) is 4.39. The topological polar surface area (TPSA) is 99.6 Å². The van der Waals surface area contributed by atoms with Crippen molar-refractivity contribution in [3.63, 3.8) is 0 Å². The van der Waals surface area contributed by atoms with Crippen LogP contribution in [0.3, 0.4) is 0 Å². The van der Waals surface area contributed by atoms with Gasteiger partial charge in [0.05, 0.1) is 10.6 Å². The summed E-state index contributed by atoms with van der Waals surface area (Å²) >= 11 is 0. The quantitative estimate of drug-likeness (QED) is 0.353. The Morgan fingerprint density at radius 3 is 2.06 bits per heavy atom. The van der Waals surface area contributed by atoms with E-state index in [0.717, 1.165) is 39.9 Å². The van der Waals surface area contributed by atoms with Crippen LogP contribution in [0, 0.1) is 12.7 Å². The molecule has 1 heterocycles. The van der Waals surface area contributed by atoms with Crippen LogP contribution in [0.2, 0.25) is 0 Å². The van der Waals surface area contributed by atoms with E-state index in [1.807, 2.05) is 6.92 Å². The standard InChI is InChI=1S/C25H23BFNO5S/c1-16-23(15-33-21-11-7-19(8-12-21)26(29)30)24(17-3-9-20(27)10-4-17)25(28-16)18-5-13-22(14-6-18)34(2,31)32/h3-14,28-30H,15H2,1-2H3. The first-order valence-electron chi connectivity index (χ1n) is 10.5. The molecule has 1 aromatic heterocycles. The molecule has 174 valence electrons. The van der Waals surface area contributed by atoms with Gasteiger partial charge in [0.25, 0.3) is 0 Å². The van der Waals surface area contributed by atoms with Gasteiger partial charge in [0, 0.05) is 23.1 Å². The first-order chi connectivity index (χ1) is 16.1. The Morgan fingerprint density at radius 1 is 0.912 bits per heavy atom. The van der Waals surface area contributed by atoms with E-state index in [9.17, 15) is 22.9 Å². The summed E-state index contributed by atoms with van der Waals surface area (Å²) in [5.74, 6) is 0.202. The summed E-state index contributed by atoms with van der Waals surface area (Å²) in [6.07, 6.45) is 1.16. The van der Waals surface area contributed by atoms with Crippen LogP contribution in [0.15, 0.2) is 77.7 Å². The van der Waals surface area contributed by atoms with Crippen molar-refractivity contribution in [2.75, 3.05) is 6.26 Å². The van der Waals surface area contributed by atoms with Gasteiger partial charge in [0.2, 0.25) is 0 Å². The molecule has 6 nitrogen and oxygen atoms in total. The smallest absolute Gasteiger partial charge is 0.488 e. The minimum absolute atomic E-state index is 0.206. The number of hydrogen-bond donors (Lipinski definition) is 3. The van der Waals surface area contributed by atoms with Crippen LogP contribution >= 0.6 is 0 Å². The maximum Gasteiger partial charge on any atom is 0.488 e. The Kier molecular flexibility index (Phi) is 6.61. The molecular formula is C25H23BFNO5S. The van der Waals surface area contributed by atoms with E-state index in [4.69, 9.17) is 4.74 Å². The number of H-pyrrole nitrogens is 1. The highest BCUT2D eigenvalue weighted by atomic mass is 32.2. The van der Waals surface area contributed by atoms with Gasteiger partial charge >= 0.3 is 7.12 Å². The molecule has 4 aromatic rings. The van der Waals surface area contributed by atoms with Crippen molar-refractivity contribution in [3.8, 4) is 28.1 Å². The molecule has 0 spiro atoms. The minimum atomic E-state index is -3.32. The summed E-state index contributed by atoms with van der Waals surface area (Å²) in [5, 5.41) is 18.5. The lowest BCUT2D eigenvalue weighted by atomic mass is 9.80. The molecule has 0 aliphatic heterocycles. The molecule has 0 amide bonds. The van der Waals surface area contributed by atoms with Gasteiger partial charge in [0.1, 0.15) is 18.2 Å². The van der Waals surface area contributed by atoms with Crippen molar-refractivity contribution < 1.29 is 27.6 Å². The average molecular weight is 479 g/mol. The molecule has 0 bridgehead atoms. The highest BCUT2D eigenvalue weighted by Crippen LogP contribution is 2.37. The molecule has 0 radical (unpaired) electrons. The molecule has 0 saturated carbocycles. The summed E-state index contributed by atoms with van der Waals surface area (Å²) in [7, 11) is -4.88. The molecule has 0 atom stereocenters. The molecule has 34 heavy (non-hydrogen) atoms.